The van der Waals surface area contributed by atoms with Gasteiger partial charge in [0.25, 0.3) is 11.6 Å². The number of halogens is 3. The number of hydrogen-bond donors (Lipinski definition) is 2. The van der Waals surface area contributed by atoms with Gasteiger partial charge in [-0.3, -0.25) is 10.1 Å². The summed E-state index contributed by atoms with van der Waals surface area (Å²) in [5.74, 6) is -1.07. The Morgan fingerprint density at radius 1 is 1.22 bits per heavy atom. The van der Waals surface area contributed by atoms with E-state index in [1.54, 1.807) is 0 Å². The van der Waals surface area contributed by atoms with Crippen LogP contribution in [0.5, 0.6) is 0 Å². The highest BCUT2D eigenvalue weighted by Gasteiger charge is 2.30. The van der Waals surface area contributed by atoms with Gasteiger partial charge in [-0.05, 0) is 18.2 Å². The number of ether oxygens (including phenoxy) is 1. The van der Waals surface area contributed by atoms with Gasteiger partial charge >= 0.3 is 12.1 Å². The van der Waals surface area contributed by atoms with E-state index in [1.165, 1.54) is 24.3 Å². The number of non-ortho nitro benzene ring substituents is 1. The van der Waals surface area contributed by atoms with Crippen LogP contribution >= 0.6 is 0 Å². The van der Waals surface area contributed by atoms with Crippen molar-refractivity contribution in [3.63, 3.8) is 0 Å². The number of carbonyl (C=O) groups is 1. The van der Waals surface area contributed by atoms with Crippen molar-refractivity contribution in [1.29, 1.82) is 0 Å². The number of nitrogens with one attached hydrogen (secondary N) is 1. The first-order valence-corrected chi connectivity index (χ1v) is 8.99. The molecule has 0 aliphatic heterocycles. The molecule has 0 saturated carbocycles. The van der Waals surface area contributed by atoms with Crippen molar-refractivity contribution in [2.24, 2.45) is 0 Å². The molecular weight excluding hydrogens is 437 g/mol. The van der Waals surface area contributed by atoms with Crippen LogP contribution in [-0.2, 0) is 17.5 Å². The van der Waals surface area contributed by atoms with Gasteiger partial charge in [0.1, 0.15) is 0 Å². The number of benzene rings is 2. The van der Waals surface area contributed by atoms with E-state index in [4.69, 9.17) is 14.4 Å². The maximum absolute atomic E-state index is 12.7. The molecule has 32 heavy (non-hydrogen) atoms. The van der Waals surface area contributed by atoms with Crippen LogP contribution in [0.3, 0.4) is 0 Å². The third-order valence-corrected chi connectivity index (χ3v) is 4.13. The summed E-state index contributed by atoms with van der Waals surface area (Å²) in [7, 11) is 0. The lowest BCUT2D eigenvalue weighted by atomic mass is 10.1. The summed E-state index contributed by atoms with van der Waals surface area (Å²) < 4.78 is 48.0. The van der Waals surface area contributed by atoms with Gasteiger partial charge < -0.3 is 19.7 Å². The van der Waals surface area contributed by atoms with Crippen LogP contribution in [0.25, 0.3) is 11.4 Å². The van der Waals surface area contributed by atoms with Crippen LogP contribution in [0, 0.1) is 10.1 Å². The van der Waals surface area contributed by atoms with Gasteiger partial charge in [0.15, 0.2) is 6.61 Å². The summed E-state index contributed by atoms with van der Waals surface area (Å²) in [5, 5.41) is 26.3. The third-order valence-electron chi connectivity index (χ3n) is 4.13. The molecule has 0 bridgehead atoms. The summed E-state index contributed by atoms with van der Waals surface area (Å²) >= 11 is 0. The number of rotatable bonds is 8. The Labute approximate surface area is 177 Å². The van der Waals surface area contributed by atoms with Gasteiger partial charge in [0.2, 0.25) is 5.82 Å². The lowest BCUT2D eigenvalue weighted by molar-refractivity contribution is -0.384. The number of aliphatic hydroxyl groups excluding tert-OH is 1. The second-order valence-electron chi connectivity index (χ2n) is 6.30. The summed E-state index contributed by atoms with van der Waals surface area (Å²) in [5.41, 5.74) is -0.843. The molecule has 0 saturated heterocycles. The number of carbonyl (C=O) groups excluding carboxylic acids is 1. The average Bonchev–Trinajstić information content (AvgIpc) is 3.24. The van der Waals surface area contributed by atoms with Crippen molar-refractivity contribution in [1.82, 2.24) is 10.1 Å². The van der Waals surface area contributed by atoms with Crippen LogP contribution < -0.4 is 5.32 Å². The van der Waals surface area contributed by atoms with E-state index in [1.807, 2.05) is 0 Å². The molecule has 2 aromatic carbocycles. The Morgan fingerprint density at radius 2 is 1.94 bits per heavy atom. The maximum atomic E-state index is 12.7. The standard InChI is InChI=1S/C19H15F3N4O6/c20-19(21,22)12-3-1-11(2-4-12)17-24-16(32-25-17)10-31-18(28)14-9-13(26(29)30)5-6-15(14)23-7-8-27/h1-6,9,23,27H,7-8,10H2. The monoisotopic (exact) mass is 452 g/mol. The number of nitrogens with zero attached hydrogens (tertiary/aromatic N) is 3. The predicted molar refractivity (Wildman–Crippen MR) is 103 cm³/mol. The van der Waals surface area contributed by atoms with E-state index < -0.39 is 29.2 Å². The highest BCUT2D eigenvalue weighted by atomic mass is 19.4. The van der Waals surface area contributed by atoms with Crippen molar-refractivity contribution in [2.45, 2.75) is 12.8 Å². The second kappa shape index (κ2) is 9.43. The van der Waals surface area contributed by atoms with Crippen LogP contribution in [0.4, 0.5) is 24.5 Å². The fraction of sp³-hybridized carbons (Fsp3) is 0.211. The number of hydrogen-bond acceptors (Lipinski definition) is 9. The molecule has 0 spiro atoms. The molecule has 13 heteroatoms. The smallest absolute Gasteiger partial charge is 0.416 e. The molecule has 0 radical (unpaired) electrons. The molecule has 3 aromatic rings. The number of nitro benzene ring substituents is 1. The molecule has 10 nitrogen and oxygen atoms in total. The van der Waals surface area contributed by atoms with Gasteiger partial charge in [-0.25, -0.2) is 4.79 Å². The van der Waals surface area contributed by atoms with Crippen molar-refractivity contribution in [3.05, 3.63) is 69.6 Å². The van der Waals surface area contributed by atoms with Gasteiger partial charge in [-0.15, -0.1) is 0 Å². The number of nitro groups is 1. The summed E-state index contributed by atoms with van der Waals surface area (Å²) in [6.45, 7) is -0.618. The molecule has 3 rings (SSSR count). The molecule has 0 aliphatic carbocycles. The molecule has 0 unspecified atom stereocenters. The predicted octanol–water partition coefficient (Wildman–Crippen LogP) is 3.42. The molecule has 2 N–H and O–H groups in total. The average molecular weight is 452 g/mol. The number of aliphatic hydroxyl groups is 1. The molecule has 0 fully saturated rings. The zero-order valence-corrected chi connectivity index (χ0v) is 16.1. The van der Waals surface area contributed by atoms with Crippen molar-refractivity contribution < 1.29 is 37.3 Å². The minimum absolute atomic E-state index is 0.00887. The Kier molecular flexibility index (Phi) is 6.68. The minimum Gasteiger partial charge on any atom is -0.452 e. The summed E-state index contributed by atoms with van der Waals surface area (Å²) in [6, 6.07) is 7.59. The van der Waals surface area contributed by atoms with E-state index in [2.05, 4.69) is 15.5 Å². The van der Waals surface area contributed by atoms with Gasteiger partial charge in [0, 0.05) is 29.9 Å². The third kappa shape index (κ3) is 5.37. The molecule has 0 amide bonds. The lowest BCUT2D eigenvalue weighted by Gasteiger charge is -2.10. The first-order chi connectivity index (χ1) is 15.2. The summed E-state index contributed by atoms with van der Waals surface area (Å²) in [6.07, 6.45) is -4.48. The second-order valence-corrected chi connectivity index (χ2v) is 6.30. The van der Waals surface area contributed by atoms with Crippen LogP contribution in [0.15, 0.2) is 47.0 Å². The van der Waals surface area contributed by atoms with Gasteiger partial charge in [-0.1, -0.05) is 17.3 Å². The highest BCUT2D eigenvalue weighted by molar-refractivity contribution is 5.96. The Balaban J connectivity index is 1.71. The Hall–Kier alpha value is -4.00. The molecule has 168 valence electrons. The van der Waals surface area contributed by atoms with E-state index in [9.17, 15) is 28.1 Å². The maximum Gasteiger partial charge on any atom is 0.416 e. The zero-order chi connectivity index (χ0) is 23.3. The summed E-state index contributed by atoms with van der Waals surface area (Å²) in [4.78, 5) is 26.7. The van der Waals surface area contributed by atoms with E-state index in [-0.39, 0.29) is 47.4 Å². The number of aromatic nitrogens is 2. The number of anilines is 1. The number of alkyl halides is 3. The van der Waals surface area contributed by atoms with E-state index >= 15 is 0 Å². The minimum atomic E-state index is -4.48. The fourth-order valence-corrected chi connectivity index (χ4v) is 2.60. The van der Waals surface area contributed by atoms with Gasteiger partial charge in [-0.2, -0.15) is 18.2 Å². The molecule has 0 atom stereocenters. The van der Waals surface area contributed by atoms with Crippen LogP contribution in [0.1, 0.15) is 21.8 Å². The first-order valence-electron chi connectivity index (χ1n) is 8.99. The topological polar surface area (TPSA) is 141 Å². The quantitative estimate of drug-likeness (QED) is 0.299. The first kappa shape index (κ1) is 22.7. The van der Waals surface area contributed by atoms with Crippen LogP contribution in [0.2, 0.25) is 0 Å². The van der Waals surface area contributed by atoms with Crippen molar-refractivity contribution in [2.75, 3.05) is 18.5 Å². The molecule has 1 aromatic heterocycles. The Bertz CT molecular complexity index is 1110. The Morgan fingerprint density at radius 3 is 2.56 bits per heavy atom. The van der Waals surface area contributed by atoms with Crippen molar-refractivity contribution in [3.8, 4) is 11.4 Å². The lowest BCUT2D eigenvalue weighted by Crippen LogP contribution is -2.13. The van der Waals surface area contributed by atoms with Gasteiger partial charge in [0.05, 0.1) is 22.7 Å². The SMILES string of the molecule is O=C(OCc1nc(-c2ccc(C(F)(F)F)cc2)no1)c1cc([N+](=O)[O-])ccc1NCCO. The normalized spacial score (nSPS) is 11.2. The van der Waals surface area contributed by atoms with Crippen LogP contribution in [-0.4, -0.2) is 39.3 Å². The molecule has 0 aliphatic rings. The fourth-order valence-electron chi connectivity index (χ4n) is 2.60. The van der Waals surface area contributed by atoms with Crippen molar-refractivity contribution >= 4 is 17.3 Å². The molecular formula is C19H15F3N4O6. The number of esters is 1. The highest BCUT2D eigenvalue weighted by Crippen LogP contribution is 2.30. The molecule has 1 heterocycles. The zero-order valence-electron chi connectivity index (χ0n) is 16.1. The van der Waals surface area contributed by atoms with E-state index in [0.717, 1.165) is 18.2 Å². The largest absolute Gasteiger partial charge is 0.452 e. The van der Waals surface area contributed by atoms with E-state index in [0.29, 0.717) is 0 Å².